The number of phenols is 1. The van der Waals surface area contributed by atoms with Gasteiger partial charge in [0.2, 0.25) is 0 Å². The fraction of sp³-hybridized carbons (Fsp3) is 0. The van der Waals surface area contributed by atoms with Crippen molar-refractivity contribution in [1.29, 1.82) is 0 Å². The lowest BCUT2D eigenvalue weighted by molar-refractivity contribution is 0.104. The molecule has 0 atom stereocenters. The van der Waals surface area contributed by atoms with E-state index in [2.05, 4.69) is 0 Å². The van der Waals surface area contributed by atoms with Crippen LogP contribution >= 0.6 is 23.2 Å². The fourth-order valence-corrected chi connectivity index (χ4v) is 2.47. The lowest BCUT2D eigenvalue weighted by Crippen LogP contribution is -1.93. The van der Waals surface area contributed by atoms with Gasteiger partial charge in [0, 0.05) is 5.56 Å². The van der Waals surface area contributed by atoms with Crippen LogP contribution in [0.3, 0.4) is 0 Å². The summed E-state index contributed by atoms with van der Waals surface area (Å²) in [5.41, 5.74) is 1.03. The number of allylic oxidation sites excluding steroid dienone is 1. The zero-order chi connectivity index (χ0) is 17.1. The summed E-state index contributed by atoms with van der Waals surface area (Å²) < 4.78 is 5.68. The summed E-state index contributed by atoms with van der Waals surface area (Å²) in [5.74, 6) is 0.770. The van der Waals surface area contributed by atoms with Gasteiger partial charge >= 0.3 is 0 Å². The van der Waals surface area contributed by atoms with E-state index in [1.807, 2.05) is 0 Å². The number of phenolic OH excluding ortho intramolecular Hbond substituents is 1. The lowest BCUT2D eigenvalue weighted by atomic mass is 10.1. The third-order valence-electron chi connectivity index (χ3n) is 3.40. The first kappa shape index (κ1) is 16.4. The Kier molecular flexibility index (Phi) is 4.74. The van der Waals surface area contributed by atoms with Gasteiger partial charge in [-0.2, -0.15) is 0 Å². The molecule has 0 aliphatic rings. The fourth-order valence-electron chi connectivity index (χ4n) is 2.18. The summed E-state index contributed by atoms with van der Waals surface area (Å²) in [5, 5.41) is 10.6. The first-order valence-electron chi connectivity index (χ1n) is 7.10. The van der Waals surface area contributed by atoms with Gasteiger partial charge in [-0.15, -0.1) is 0 Å². The molecule has 1 aromatic heterocycles. The molecule has 0 unspecified atom stereocenters. The van der Waals surface area contributed by atoms with Gasteiger partial charge in [0.1, 0.15) is 17.3 Å². The van der Waals surface area contributed by atoms with Crippen molar-refractivity contribution >= 4 is 35.1 Å². The third kappa shape index (κ3) is 3.53. The molecule has 0 saturated heterocycles. The second-order valence-corrected chi connectivity index (χ2v) is 5.86. The normalized spacial score (nSPS) is 11.1. The topological polar surface area (TPSA) is 50.4 Å². The lowest BCUT2D eigenvalue weighted by Gasteiger charge is -2.00. The zero-order valence-corrected chi connectivity index (χ0v) is 13.9. The van der Waals surface area contributed by atoms with Gasteiger partial charge in [-0.25, -0.2) is 0 Å². The molecule has 3 nitrogen and oxygen atoms in total. The number of carbonyl (C=O) groups excluding carboxylic acids is 1. The van der Waals surface area contributed by atoms with E-state index < -0.39 is 0 Å². The highest BCUT2D eigenvalue weighted by molar-refractivity contribution is 6.42. The molecule has 120 valence electrons. The summed E-state index contributed by atoms with van der Waals surface area (Å²) in [6.45, 7) is 0. The highest BCUT2D eigenvalue weighted by Gasteiger charge is 2.08. The van der Waals surface area contributed by atoms with E-state index in [0.29, 0.717) is 21.6 Å². The number of hydrogen-bond donors (Lipinski definition) is 1. The Labute approximate surface area is 148 Å². The number of benzene rings is 2. The Hall–Kier alpha value is -2.49. The maximum atomic E-state index is 12.1. The van der Waals surface area contributed by atoms with Crippen molar-refractivity contribution in [2.45, 2.75) is 0 Å². The van der Waals surface area contributed by atoms with Crippen LogP contribution in [0.1, 0.15) is 16.1 Å². The number of aromatic hydroxyl groups is 1. The van der Waals surface area contributed by atoms with Crippen LogP contribution in [0, 0.1) is 0 Å². The molecule has 0 aliphatic heterocycles. The summed E-state index contributed by atoms with van der Waals surface area (Å²) in [7, 11) is 0. The van der Waals surface area contributed by atoms with E-state index in [4.69, 9.17) is 27.6 Å². The highest BCUT2D eigenvalue weighted by Crippen LogP contribution is 2.30. The largest absolute Gasteiger partial charge is 0.507 e. The SMILES string of the molecule is O=C(/C=C/c1ccc(-c2ccc(Cl)c(Cl)c2)o1)c1ccccc1O. The molecule has 0 saturated carbocycles. The Morgan fingerprint density at radius 1 is 1.00 bits per heavy atom. The summed E-state index contributed by atoms with van der Waals surface area (Å²) >= 11 is 11.9. The molecule has 0 aliphatic carbocycles. The van der Waals surface area contributed by atoms with Gasteiger partial charge in [-0.05, 0) is 54.6 Å². The number of hydrogen-bond acceptors (Lipinski definition) is 3. The van der Waals surface area contributed by atoms with Crippen LogP contribution in [0.4, 0.5) is 0 Å². The molecule has 0 fully saturated rings. The van der Waals surface area contributed by atoms with Gasteiger partial charge in [0.05, 0.1) is 15.6 Å². The van der Waals surface area contributed by atoms with E-state index >= 15 is 0 Å². The molecule has 2 aromatic carbocycles. The molecular formula is C19H12Cl2O3. The molecule has 0 amide bonds. The van der Waals surface area contributed by atoms with Crippen molar-refractivity contribution in [3.8, 4) is 17.1 Å². The average Bonchev–Trinajstić information content (AvgIpc) is 3.04. The molecule has 0 bridgehead atoms. The van der Waals surface area contributed by atoms with Crippen LogP contribution in [-0.4, -0.2) is 10.9 Å². The minimum Gasteiger partial charge on any atom is -0.507 e. The van der Waals surface area contributed by atoms with Crippen LogP contribution in [-0.2, 0) is 0 Å². The van der Waals surface area contributed by atoms with Gasteiger partial charge in [0.25, 0.3) is 0 Å². The first-order valence-corrected chi connectivity index (χ1v) is 7.86. The minimum absolute atomic E-state index is 0.0527. The Balaban J connectivity index is 1.80. The molecule has 0 spiro atoms. The van der Waals surface area contributed by atoms with Gasteiger partial charge in [-0.1, -0.05) is 35.3 Å². The van der Waals surface area contributed by atoms with Gasteiger partial charge in [0.15, 0.2) is 5.78 Å². The Morgan fingerprint density at radius 2 is 1.79 bits per heavy atom. The summed E-state index contributed by atoms with van der Waals surface area (Å²) in [4.78, 5) is 12.1. The van der Waals surface area contributed by atoms with E-state index in [0.717, 1.165) is 5.56 Å². The van der Waals surface area contributed by atoms with E-state index in [9.17, 15) is 9.90 Å². The van der Waals surface area contributed by atoms with Crippen LogP contribution in [0.25, 0.3) is 17.4 Å². The van der Waals surface area contributed by atoms with Crippen LogP contribution in [0.15, 0.2) is 65.1 Å². The van der Waals surface area contributed by atoms with Crippen molar-refractivity contribution in [3.63, 3.8) is 0 Å². The van der Waals surface area contributed by atoms with E-state index in [1.54, 1.807) is 54.6 Å². The van der Waals surface area contributed by atoms with E-state index in [1.165, 1.54) is 12.1 Å². The minimum atomic E-state index is -0.305. The van der Waals surface area contributed by atoms with Crippen molar-refractivity contribution in [2.75, 3.05) is 0 Å². The van der Waals surface area contributed by atoms with Gasteiger partial charge < -0.3 is 9.52 Å². The Bertz CT molecular complexity index is 926. The Morgan fingerprint density at radius 3 is 2.54 bits per heavy atom. The monoisotopic (exact) mass is 358 g/mol. The average molecular weight is 359 g/mol. The molecular weight excluding hydrogens is 347 g/mol. The quantitative estimate of drug-likeness (QED) is 0.469. The highest BCUT2D eigenvalue weighted by atomic mass is 35.5. The molecule has 24 heavy (non-hydrogen) atoms. The van der Waals surface area contributed by atoms with Crippen LogP contribution in [0.2, 0.25) is 10.0 Å². The number of rotatable bonds is 4. The smallest absolute Gasteiger partial charge is 0.189 e. The standard InChI is InChI=1S/C19H12Cl2O3/c20-15-8-5-12(11-16(15)21)19-10-7-13(24-19)6-9-18(23)14-3-1-2-4-17(14)22/h1-11,22H/b9-6+. The summed E-state index contributed by atoms with van der Waals surface area (Å²) in [6, 6.07) is 15.1. The maximum Gasteiger partial charge on any atom is 0.189 e. The molecule has 3 aromatic rings. The number of para-hydroxylation sites is 1. The van der Waals surface area contributed by atoms with Crippen molar-refractivity contribution in [1.82, 2.24) is 0 Å². The van der Waals surface area contributed by atoms with E-state index in [-0.39, 0.29) is 17.1 Å². The van der Waals surface area contributed by atoms with Crippen molar-refractivity contribution in [3.05, 3.63) is 82.0 Å². The van der Waals surface area contributed by atoms with Crippen LogP contribution in [0.5, 0.6) is 5.75 Å². The summed E-state index contributed by atoms with van der Waals surface area (Å²) in [6.07, 6.45) is 2.91. The van der Waals surface area contributed by atoms with Crippen molar-refractivity contribution in [2.24, 2.45) is 0 Å². The second-order valence-electron chi connectivity index (χ2n) is 5.05. The molecule has 3 rings (SSSR count). The number of ketones is 1. The molecule has 0 radical (unpaired) electrons. The zero-order valence-electron chi connectivity index (χ0n) is 12.4. The number of halogens is 2. The molecule has 1 heterocycles. The number of furan rings is 1. The second kappa shape index (κ2) is 6.95. The first-order chi connectivity index (χ1) is 11.5. The predicted molar refractivity (Wildman–Crippen MR) is 95.6 cm³/mol. The van der Waals surface area contributed by atoms with Crippen molar-refractivity contribution < 1.29 is 14.3 Å². The number of carbonyl (C=O) groups is 1. The molecule has 5 heteroatoms. The maximum absolute atomic E-state index is 12.1. The predicted octanol–water partition coefficient (Wildman–Crippen LogP) is 5.86. The third-order valence-corrected chi connectivity index (χ3v) is 4.14. The molecule has 1 N–H and O–H groups in total. The van der Waals surface area contributed by atoms with Crippen LogP contribution < -0.4 is 0 Å². The van der Waals surface area contributed by atoms with Gasteiger partial charge in [-0.3, -0.25) is 4.79 Å².